The minimum absolute atomic E-state index is 0.190. The Labute approximate surface area is 135 Å². The number of esters is 1. The van der Waals surface area contributed by atoms with Crippen molar-refractivity contribution in [2.45, 2.75) is 6.92 Å². The fourth-order valence-corrected chi connectivity index (χ4v) is 2.56. The number of halogens is 1. The molecule has 1 aliphatic heterocycles. The van der Waals surface area contributed by atoms with Gasteiger partial charge in [-0.05, 0) is 35.9 Å². The molecule has 1 aliphatic rings. The van der Waals surface area contributed by atoms with E-state index in [9.17, 15) is 9.59 Å². The summed E-state index contributed by atoms with van der Waals surface area (Å²) in [6.07, 6.45) is 1.68. The molecule has 0 aromatic heterocycles. The SMILES string of the molecule is CC(=O)Oc1ccc2c(c1)OC(=Cc1cccc(Br)c1)C2=O. The quantitative estimate of drug-likeness (QED) is 0.462. The lowest BCUT2D eigenvalue weighted by molar-refractivity contribution is -0.131. The van der Waals surface area contributed by atoms with E-state index < -0.39 is 5.97 Å². The smallest absolute Gasteiger partial charge is 0.308 e. The van der Waals surface area contributed by atoms with Gasteiger partial charge >= 0.3 is 5.97 Å². The van der Waals surface area contributed by atoms with Crippen molar-refractivity contribution >= 4 is 33.8 Å². The summed E-state index contributed by atoms with van der Waals surface area (Å²) in [6.45, 7) is 1.32. The molecular formula is C17H11BrO4. The fraction of sp³-hybridized carbons (Fsp3) is 0.0588. The van der Waals surface area contributed by atoms with Crippen LogP contribution in [0.5, 0.6) is 11.5 Å². The number of rotatable bonds is 2. The monoisotopic (exact) mass is 358 g/mol. The Kier molecular flexibility index (Phi) is 3.81. The minimum atomic E-state index is -0.422. The van der Waals surface area contributed by atoms with E-state index in [1.165, 1.54) is 13.0 Å². The molecule has 3 rings (SSSR count). The molecule has 5 heteroatoms. The van der Waals surface area contributed by atoms with E-state index >= 15 is 0 Å². The van der Waals surface area contributed by atoms with Crippen LogP contribution in [0, 0.1) is 0 Å². The van der Waals surface area contributed by atoms with E-state index in [0.717, 1.165) is 10.0 Å². The molecule has 0 saturated carbocycles. The van der Waals surface area contributed by atoms with Crippen molar-refractivity contribution in [2.75, 3.05) is 0 Å². The topological polar surface area (TPSA) is 52.6 Å². The predicted molar refractivity (Wildman–Crippen MR) is 84.8 cm³/mol. The van der Waals surface area contributed by atoms with Crippen molar-refractivity contribution in [1.82, 2.24) is 0 Å². The Morgan fingerprint density at radius 2 is 2.05 bits per heavy atom. The van der Waals surface area contributed by atoms with Crippen LogP contribution in [-0.2, 0) is 4.79 Å². The number of carbonyl (C=O) groups excluding carboxylic acids is 2. The lowest BCUT2D eigenvalue weighted by Crippen LogP contribution is -2.01. The Bertz CT molecular complexity index is 808. The molecular weight excluding hydrogens is 348 g/mol. The van der Waals surface area contributed by atoms with Gasteiger partial charge in [0.2, 0.25) is 5.78 Å². The molecule has 22 heavy (non-hydrogen) atoms. The molecule has 0 atom stereocenters. The number of benzene rings is 2. The van der Waals surface area contributed by atoms with Crippen LogP contribution in [0.2, 0.25) is 0 Å². The zero-order valence-electron chi connectivity index (χ0n) is 11.6. The zero-order valence-corrected chi connectivity index (χ0v) is 13.2. The van der Waals surface area contributed by atoms with Crippen molar-refractivity contribution in [2.24, 2.45) is 0 Å². The van der Waals surface area contributed by atoms with Crippen LogP contribution in [0.1, 0.15) is 22.8 Å². The molecule has 0 fully saturated rings. The highest BCUT2D eigenvalue weighted by atomic mass is 79.9. The Balaban J connectivity index is 1.92. The Morgan fingerprint density at radius 3 is 2.77 bits per heavy atom. The van der Waals surface area contributed by atoms with E-state index in [1.54, 1.807) is 18.2 Å². The molecule has 110 valence electrons. The molecule has 0 bridgehead atoms. The largest absolute Gasteiger partial charge is 0.452 e. The molecule has 0 unspecified atom stereocenters. The third kappa shape index (κ3) is 2.94. The van der Waals surface area contributed by atoms with Gasteiger partial charge in [-0.1, -0.05) is 28.1 Å². The van der Waals surface area contributed by atoms with Crippen molar-refractivity contribution in [3.8, 4) is 11.5 Å². The van der Waals surface area contributed by atoms with Crippen LogP contribution in [0.25, 0.3) is 6.08 Å². The van der Waals surface area contributed by atoms with Gasteiger partial charge in [0, 0.05) is 17.5 Å². The molecule has 0 N–H and O–H groups in total. The number of ketones is 1. The maximum Gasteiger partial charge on any atom is 0.308 e. The summed E-state index contributed by atoms with van der Waals surface area (Å²) in [5.41, 5.74) is 1.31. The van der Waals surface area contributed by atoms with E-state index in [1.807, 2.05) is 24.3 Å². The number of hydrogen-bond acceptors (Lipinski definition) is 4. The van der Waals surface area contributed by atoms with Gasteiger partial charge in [0.1, 0.15) is 11.5 Å². The summed E-state index contributed by atoms with van der Waals surface area (Å²) >= 11 is 3.38. The van der Waals surface area contributed by atoms with Crippen LogP contribution >= 0.6 is 15.9 Å². The van der Waals surface area contributed by atoms with Gasteiger partial charge in [0.15, 0.2) is 5.76 Å². The van der Waals surface area contributed by atoms with Gasteiger partial charge < -0.3 is 9.47 Å². The Morgan fingerprint density at radius 1 is 1.23 bits per heavy atom. The van der Waals surface area contributed by atoms with Gasteiger partial charge in [-0.2, -0.15) is 0 Å². The van der Waals surface area contributed by atoms with Crippen LogP contribution in [0.3, 0.4) is 0 Å². The first kappa shape index (κ1) is 14.5. The molecule has 2 aromatic rings. The van der Waals surface area contributed by atoms with Gasteiger partial charge in [0.05, 0.1) is 5.56 Å². The maximum absolute atomic E-state index is 12.3. The first-order chi connectivity index (χ1) is 10.5. The fourth-order valence-electron chi connectivity index (χ4n) is 2.14. The van der Waals surface area contributed by atoms with Gasteiger partial charge in [0.25, 0.3) is 0 Å². The number of carbonyl (C=O) groups is 2. The summed E-state index contributed by atoms with van der Waals surface area (Å²) < 4.78 is 11.5. The van der Waals surface area contributed by atoms with Crippen LogP contribution in [-0.4, -0.2) is 11.8 Å². The highest BCUT2D eigenvalue weighted by Crippen LogP contribution is 2.35. The molecule has 0 spiro atoms. The summed E-state index contributed by atoms with van der Waals surface area (Å²) in [4.78, 5) is 23.3. The molecule has 2 aromatic carbocycles. The Hall–Kier alpha value is -2.40. The number of hydrogen-bond donors (Lipinski definition) is 0. The highest BCUT2D eigenvalue weighted by molar-refractivity contribution is 9.10. The predicted octanol–water partition coefficient (Wildman–Crippen LogP) is 3.99. The summed E-state index contributed by atoms with van der Waals surface area (Å²) in [5, 5.41) is 0. The van der Waals surface area contributed by atoms with E-state index in [-0.39, 0.29) is 11.5 Å². The second-order valence-corrected chi connectivity index (χ2v) is 5.66. The van der Waals surface area contributed by atoms with Crippen LogP contribution in [0.15, 0.2) is 52.7 Å². The number of fused-ring (bicyclic) bond motifs is 1. The summed E-state index contributed by atoms with van der Waals surface area (Å²) in [7, 11) is 0. The van der Waals surface area contributed by atoms with Crippen molar-refractivity contribution in [3.63, 3.8) is 0 Å². The third-order valence-electron chi connectivity index (χ3n) is 3.05. The molecule has 0 saturated heterocycles. The normalized spacial score (nSPS) is 14.6. The number of Topliss-reactive ketones (excluding diaryl/α,β-unsaturated/α-hetero) is 1. The van der Waals surface area contributed by atoms with Gasteiger partial charge in [-0.25, -0.2) is 0 Å². The summed E-state index contributed by atoms with van der Waals surface area (Å²) in [6, 6.07) is 12.2. The third-order valence-corrected chi connectivity index (χ3v) is 3.54. The van der Waals surface area contributed by atoms with Crippen LogP contribution < -0.4 is 9.47 Å². The first-order valence-electron chi connectivity index (χ1n) is 6.55. The highest BCUT2D eigenvalue weighted by Gasteiger charge is 2.27. The van der Waals surface area contributed by atoms with E-state index in [2.05, 4.69) is 15.9 Å². The lowest BCUT2D eigenvalue weighted by atomic mass is 10.1. The van der Waals surface area contributed by atoms with E-state index in [0.29, 0.717) is 17.1 Å². The zero-order chi connectivity index (χ0) is 15.7. The number of ether oxygens (including phenoxy) is 2. The molecule has 0 amide bonds. The molecule has 1 heterocycles. The number of allylic oxidation sites excluding steroid dienone is 1. The van der Waals surface area contributed by atoms with Crippen molar-refractivity contribution in [1.29, 1.82) is 0 Å². The maximum atomic E-state index is 12.3. The van der Waals surface area contributed by atoms with Gasteiger partial charge in [-0.3, -0.25) is 9.59 Å². The first-order valence-corrected chi connectivity index (χ1v) is 7.34. The van der Waals surface area contributed by atoms with Crippen molar-refractivity contribution < 1.29 is 19.1 Å². The minimum Gasteiger partial charge on any atom is -0.452 e. The molecule has 0 radical (unpaired) electrons. The second-order valence-electron chi connectivity index (χ2n) is 4.75. The van der Waals surface area contributed by atoms with Gasteiger partial charge in [-0.15, -0.1) is 0 Å². The van der Waals surface area contributed by atoms with Crippen LogP contribution in [0.4, 0.5) is 0 Å². The van der Waals surface area contributed by atoms with Crippen molar-refractivity contribution in [3.05, 3.63) is 63.8 Å². The molecule has 4 nitrogen and oxygen atoms in total. The molecule has 0 aliphatic carbocycles. The standard InChI is InChI=1S/C17H11BrO4/c1-10(19)21-13-5-6-14-15(9-13)22-16(17(14)20)8-11-3-2-4-12(18)7-11/h2-9H,1H3. The average molecular weight is 359 g/mol. The van der Waals surface area contributed by atoms with E-state index in [4.69, 9.17) is 9.47 Å². The lowest BCUT2D eigenvalue weighted by Gasteiger charge is -2.02. The summed E-state index contributed by atoms with van der Waals surface area (Å²) in [5.74, 6) is 0.374. The second kappa shape index (κ2) is 5.77. The average Bonchev–Trinajstić information content (AvgIpc) is 2.74.